The summed E-state index contributed by atoms with van der Waals surface area (Å²) in [6.45, 7) is 5.67. The van der Waals surface area contributed by atoms with Crippen molar-refractivity contribution >= 4 is 23.4 Å². The monoisotopic (exact) mass is 359 g/mol. The van der Waals surface area contributed by atoms with Crippen LogP contribution in [0.2, 0.25) is 0 Å². The van der Waals surface area contributed by atoms with E-state index in [4.69, 9.17) is 0 Å². The molecule has 1 fully saturated rings. The van der Waals surface area contributed by atoms with Crippen molar-refractivity contribution in [2.24, 2.45) is 5.41 Å². The number of nitrogens with zero attached hydrogens (tertiary/aromatic N) is 2. The standard InChI is InChI=1S/C19H25N3O4/c1-18(2,3)15(11-23)20-16(24)22-14-8-5-4-7-13(14)21(17(22)25)12-19(26)9-6-10-19/h4-5,7-8,11,15,26H,6,9-10,12H2,1-3H3,(H,20,24)/t15-/m1/s1. The highest BCUT2D eigenvalue weighted by Crippen LogP contribution is 2.33. The van der Waals surface area contributed by atoms with Crippen LogP contribution in [-0.2, 0) is 11.3 Å². The van der Waals surface area contributed by atoms with Crippen LogP contribution in [0.4, 0.5) is 4.79 Å². The molecule has 0 radical (unpaired) electrons. The van der Waals surface area contributed by atoms with E-state index < -0.39 is 28.8 Å². The molecule has 0 unspecified atom stereocenters. The molecule has 0 aliphatic heterocycles. The van der Waals surface area contributed by atoms with Crippen molar-refractivity contribution in [1.29, 1.82) is 0 Å². The molecule has 1 heterocycles. The molecule has 0 saturated heterocycles. The van der Waals surface area contributed by atoms with Crippen molar-refractivity contribution in [3.63, 3.8) is 0 Å². The second kappa shape index (κ2) is 6.39. The zero-order valence-electron chi connectivity index (χ0n) is 15.4. The lowest BCUT2D eigenvalue weighted by molar-refractivity contribution is -0.111. The molecule has 1 amide bonds. The van der Waals surface area contributed by atoms with E-state index in [0.29, 0.717) is 30.2 Å². The zero-order valence-corrected chi connectivity index (χ0v) is 15.4. The SMILES string of the molecule is CC(C)(C)[C@@H](C=O)NC(=O)n1c(=O)n(CC2(O)CCC2)c2ccccc21. The predicted octanol–water partition coefficient (Wildman–Crippen LogP) is 1.89. The highest BCUT2D eigenvalue weighted by atomic mass is 16.3. The summed E-state index contributed by atoms with van der Waals surface area (Å²) in [6, 6.07) is 5.61. The number of amides is 1. The molecular formula is C19H25N3O4. The average Bonchev–Trinajstić information content (AvgIpc) is 2.82. The van der Waals surface area contributed by atoms with E-state index in [-0.39, 0.29) is 6.54 Å². The number of carbonyl (C=O) groups excluding carboxylic acids is 2. The van der Waals surface area contributed by atoms with Crippen molar-refractivity contribution in [1.82, 2.24) is 14.5 Å². The van der Waals surface area contributed by atoms with E-state index in [1.54, 1.807) is 24.3 Å². The van der Waals surface area contributed by atoms with Gasteiger partial charge in [0.15, 0.2) is 0 Å². The van der Waals surface area contributed by atoms with E-state index in [1.807, 2.05) is 20.8 Å². The van der Waals surface area contributed by atoms with E-state index in [9.17, 15) is 19.5 Å². The van der Waals surface area contributed by atoms with Gasteiger partial charge in [-0.1, -0.05) is 32.9 Å². The lowest BCUT2D eigenvalue weighted by Gasteiger charge is -2.36. The summed E-state index contributed by atoms with van der Waals surface area (Å²) in [5.74, 6) is 0. The van der Waals surface area contributed by atoms with Crippen LogP contribution in [0.25, 0.3) is 11.0 Å². The van der Waals surface area contributed by atoms with Crippen LogP contribution in [0.1, 0.15) is 40.0 Å². The Morgan fingerprint density at radius 2 is 1.92 bits per heavy atom. The van der Waals surface area contributed by atoms with Crippen molar-refractivity contribution in [2.45, 2.75) is 58.2 Å². The first-order valence-corrected chi connectivity index (χ1v) is 8.85. The van der Waals surface area contributed by atoms with Gasteiger partial charge in [-0.2, -0.15) is 0 Å². The summed E-state index contributed by atoms with van der Waals surface area (Å²) in [6.07, 6.45) is 2.89. The van der Waals surface area contributed by atoms with Gasteiger partial charge in [-0.05, 0) is 36.8 Å². The van der Waals surface area contributed by atoms with Gasteiger partial charge >= 0.3 is 11.7 Å². The molecule has 1 atom stereocenters. The summed E-state index contributed by atoms with van der Waals surface area (Å²) < 4.78 is 2.49. The van der Waals surface area contributed by atoms with Crippen LogP contribution in [0.3, 0.4) is 0 Å². The van der Waals surface area contributed by atoms with Gasteiger partial charge in [-0.15, -0.1) is 0 Å². The number of hydrogen-bond acceptors (Lipinski definition) is 4. The Bertz CT molecular complexity index is 900. The second-order valence-corrected chi connectivity index (χ2v) is 8.20. The Hall–Kier alpha value is -2.41. The molecule has 1 aromatic carbocycles. The first kappa shape index (κ1) is 18.4. The molecule has 0 spiro atoms. The first-order valence-electron chi connectivity index (χ1n) is 8.85. The van der Waals surface area contributed by atoms with E-state index >= 15 is 0 Å². The van der Waals surface area contributed by atoms with E-state index in [0.717, 1.165) is 11.0 Å². The van der Waals surface area contributed by atoms with Gasteiger partial charge in [-0.25, -0.2) is 14.2 Å². The van der Waals surface area contributed by atoms with Crippen LogP contribution in [0.15, 0.2) is 29.1 Å². The number of aldehydes is 1. The number of fused-ring (bicyclic) bond motifs is 1. The van der Waals surface area contributed by atoms with E-state index in [2.05, 4.69) is 5.32 Å². The third-order valence-electron chi connectivity index (χ3n) is 5.12. The molecule has 26 heavy (non-hydrogen) atoms. The van der Waals surface area contributed by atoms with Gasteiger partial charge in [-0.3, -0.25) is 4.57 Å². The van der Waals surface area contributed by atoms with Gasteiger partial charge in [0.1, 0.15) is 6.29 Å². The summed E-state index contributed by atoms with van der Waals surface area (Å²) in [4.78, 5) is 37.1. The highest BCUT2D eigenvalue weighted by Gasteiger charge is 2.36. The van der Waals surface area contributed by atoms with Crippen molar-refractivity contribution in [3.8, 4) is 0 Å². The normalized spacial score (nSPS) is 17.5. The first-order chi connectivity index (χ1) is 12.2. The van der Waals surface area contributed by atoms with Crippen molar-refractivity contribution in [2.75, 3.05) is 0 Å². The minimum atomic E-state index is -0.897. The smallest absolute Gasteiger partial charge is 0.337 e. The lowest BCUT2D eigenvalue weighted by Crippen LogP contribution is -2.49. The quantitative estimate of drug-likeness (QED) is 0.815. The molecule has 7 heteroatoms. The third-order valence-corrected chi connectivity index (χ3v) is 5.12. The van der Waals surface area contributed by atoms with Crippen molar-refractivity contribution in [3.05, 3.63) is 34.7 Å². The second-order valence-electron chi connectivity index (χ2n) is 8.20. The van der Waals surface area contributed by atoms with Gasteiger partial charge in [0, 0.05) is 0 Å². The van der Waals surface area contributed by atoms with Gasteiger partial charge in [0.2, 0.25) is 0 Å². The highest BCUT2D eigenvalue weighted by molar-refractivity contribution is 5.90. The average molecular weight is 359 g/mol. The maximum absolute atomic E-state index is 12.9. The molecular weight excluding hydrogens is 334 g/mol. The Morgan fingerprint density at radius 1 is 1.31 bits per heavy atom. The summed E-state index contributed by atoms with van der Waals surface area (Å²) in [5, 5.41) is 13.1. The number of benzene rings is 1. The van der Waals surface area contributed by atoms with Crippen LogP contribution in [-0.4, -0.2) is 38.2 Å². The number of rotatable bonds is 4. The fourth-order valence-electron chi connectivity index (χ4n) is 3.25. The van der Waals surface area contributed by atoms with Gasteiger partial charge < -0.3 is 15.2 Å². The molecule has 3 rings (SSSR count). The molecule has 2 aromatic rings. The Morgan fingerprint density at radius 3 is 2.42 bits per heavy atom. The number of aromatic nitrogens is 2. The number of para-hydroxylation sites is 2. The number of hydrogen-bond donors (Lipinski definition) is 2. The lowest BCUT2D eigenvalue weighted by atomic mass is 9.80. The maximum Gasteiger partial charge on any atom is 0.337 e. The fraction of sp³-hybridized carbons (Fsp3) is 0.526. The van der Waals surface area contributed by atoms with Crippen LogP contribution in [0.5, 0.6) is 0 Å². The van der Waals surface area contributed by atoms with Crippen LogP contribution in [0, 0.1) is 5.41 Å². The number of aliphatic hydroxyl groups is 1. The molecule has 1 aliphatic rings. The topological polar surface area (TPSA) is 93.3 Å². The van der Waals surface area contributed by atoms with Crippen LogP contribution >= 0.6 is 0 Å². The molecule has 1 aliphatic carbocycles. The maximum atomic E-state index is 12.9. The molecule has 1 saturated carbocycles. The minimum Gasteiger partial charge on any atom is -0.388 e. The number of nitrogens with one attached hydrogen (secondary N) is 1. The summed E-state index contributed by atoms with van der Waals surface area (Å²) in [5.41, 5.74) is -0.836. The molecule has 1 aromatic heterocycles. The molecule has 7 nitrogen and oxygen atoms in total. The minimum absolute atomic E-state index is 0.156. The zero-order chi connectivity index (χ0) is 19.1. The Kier molecular flexibility index (Phi) is 4.52. The fourth-order valence-corrected chi connectivity index (χ4v) is 3.25. The predicted molar refractivity (Wildman–Crippen MR) is 98.2 cm³/mol. The largest absolute Gasteiger partial charge is 0.388 e. The molecule has 140 valence electrons. The molecule has 0 bridgehead atoms. The van der Waals surface area contributed by atoms with E-state index in [1.165, 1.54) is 4.57 Å². The third kappa shape index (κ3) is 3.19. The Labute approximate surface area is 151 Å². The summed E-state index contributed by atoms with van der Waals surface area (Å²) >= 11 is 0. The molecule has 2 N–H and O–H groups in total. The number of imidazole rings is 1. The van der Waals surface area contributed by atoms with Crippen LogP contribution < -0.4 is 11.0 Å². The number of carbonyl (C=O) groups is 2. The van der Waals surface area contributed by atoms with Gasteiger partial charge in [0.05, 0.1) is 29.2 Å². The summed E-state index contributed by atoms with van der Waals surface area (Å²) in [7, 11) is 0. The Balaban J connectivity index is 2.03. The van der Waals surface area contributed by atoms with Crippen molar-refractivity contribution < 1.29 is 14.7 Å². The van der Waals surface area contributed by atoms with Gasteiger partial charge in [0.25, 0.3) is 0 Å².